The first-order chi connectivity index (χ1) is 16.7. The first-order valence-electron chi connectivity index (χ1n) is 13.2. The number of nitrogens with one attached hydrogen (secondary N) is 1. The molecule has 0 fully saturated rings. The topological polar surface area (TPSA) is 24.9 Å². The lowest BCUT2D eigenvalue weighted by Crippen LogP contribution is -2.20. The van der Waals surface area contributed by atoms with E-state index in [1.807, 2.05) is 18.3 Å². The van der Waals surface area contributed by atoms with Gasteiger partial charge in [0.05, 0.1) is 5.02 Å². The van der Waals surface area contributed by atoms with E-state index in [9.17, 15) is 0 Å². The number of hydrogen-bond donors (Lipinski definition) is 1. The monoisotopic (exact) mass is 514 g/mol. The Morgan fingerprint density at radius 1 is 1.11 bits per heavy atom. The number of pyridine rings is 1. The second-order valence-corrected chi connectivity index (χ2v) is 10.9. The van der Waals surface area contributed by atoms with Crippen molar-refractivity contribution in [1.82, 2.24) is 10.3 Å². The molecule has 192 valence electrons. The lowest BCUT2D eigenvalue weighted by atomic mass is 9.88. The Balaban J connectivity index is 0.000000269. The molecule has 1 aliphatic carbocycles. The van der Waals surface area contributed by atoms with Crippen LogP contribution in [0.2, 0.25) is 10.0 Å². The molecule has 0 aliphatic heterocycles. The van der Waals surface area contributed by atoms with Gasteiger partial charge in [-0.15, -0.1) is 0 Å². The molecule has 1 N–H and O–H groups in total. The summed E-state index contributed by atoms with van der Waals surface area (Å²) in [6.07, 6.45) is 11.6. The number of benzene rings is 1. The average Bonchev–Trinajstić information content (AvgIpc) is 2.85. The van der Waals surface area contributed by atoms with Crippen molar-refractivity contribution < 1.29 is 0 Å². The third-order valence-electron chi connectivity index (χ3n) is 7.17. The van der Waals surface area contributed by atoms with Crippen molar-refractivity contribution in [1.29, 1.82) is 0 Å². The Bertz CT molecular complexity index is 1020. The van der Waals surface area contributed by atoms with Gasteiger partial charge in [-0.05, 0) is 87.0 Å². The van der Waals surface area contributed by atoms with E-state index >= 15 is 0 Å². The van der Waals surface area contributed by atoms with Crippen molar-refractivity contribution in [2.75, 3.05) is 0 Å². The molecular formula is C31H44Cl2N2. The SMILES string of the molecule is CCC(C)=C(NC1=C(C)CCC(C)C1)c1ccccc1Cl.CCc1c(Cl)cncc1CC(C)CC. The molecule has 1 heterocycles. The molecule has 0 saturated carbocycles. The highest BCUT2D eigenvalue weighted by Crippen LogP contribution is 2.32. The number of aromatic nitrogens is 1. The molecule has 35 heavy (non-hydrogen) atoms. The van der Waals surface area contributed by atoms with Crippen LogP contribution in [0.15, 0.2) is 53.5 Å². The summed E-state index contributed by atoms with van der Waals surface area (Å²) in [5.74, 6) is 1.46. The Morgan fingerprint density at radius 2 is 1.83 bits per heavy atom. The minimum absolute atomic E-state index is 0.709. The second-order valence-electron chi connectivity index (χ2n) is 10.1. The van der Waals surface area contributed by atoms with Crippen molar-refractivity contribution in [2.24, 2.45) is 11.8 Å². The van der Waals surface area contributed by atoms with E-state index in [1.54, 1.807) is 6.20 Å². The third-order valence-corrected chi connectivity index (χ3v) is 7.82. The van der Waals surface area contributed by atoms with Crippen LogP contribution in [0.5, 0.6) is 0 Å². The largest absolute Gasteiger partial charge is 0.358 e. The normalized spacial score (nSPS) is 17.3. The van der Waals surface area contributed by atoms with Crippen LogP contribution in [0.3, 0.4) is 0 Å². The summed E-state index contributed by atoms with van der Waals surface area (Å²) in [7, 11) is 0. The minimum Gasteiger partial charge on any atom is -0.358 e. The highest BCUT2D eigenvalue weighted by atomic mass is 35.5. The summed E-state index contributed by atoms with van der Waals surface area (Å²) in [6.45, 7) is 15.6. The van der Waals surface area contributed by atoms with Gasteiger partial charge in [-0.1, -0.05) is 88.0 Å². The lowest BCUT2D eigenvalue weighted by Gasteiger charge is -2.26. The standard InChI is InChI=1S/C19H26ClN.C12H18ClN/c1-5-14(3)19(16-8-6-7-9-17(16)20)21-18-12-13(2)10-11-15(18)4;1-4-9(3)6-10-7-14-8-12(13)11(10)5-2/h6-9,13,21H,5,10-12H2,1-4H3;7-9H,4-6H2,1-3H3. The van der Waals surface area contributed by atoms with Crippen LogP contribution in [-0.2, 0) is 12.8 Å². The molecule has 2 nitrogen and oxygen atoms in total. The first kappa shape index (κ1) is 29.5. The molecule has 2 aromatic rings. The zero-order valence-corrected chi connectivity index (χ0v) is 24.3. The molecule has 1 aromatic heterocycles. The van der Waals surface area contributed by atoms with E-state index in [-0.39, 0.29) is 0 Å². The van der Waals surface area contributed by atoms with Gasteiger partial charge in [0.1, 0.15) is 0 Å². The predicted octanol–water partition coefficient (Wildman–Crippen LogP) is 10.1. The van der Waals surface area contributed by atoms with E-state index in [1.165, 1.54) is 52.9 Å². The fourth-order valence-corrected chi connectivity index (χ4v) is 4.93. The Morgan fingerprint density at radius 3 is 2.46 bits per heavy atom. The number of rotatable bonds is 8. The smallest absolute Gasteiger partial charge is 0.0623 e. The van der Waals surface area contributed by atoms with E-state index in [0.717, 1.165) is 47.2 Å². The summed E-state index contributed by atoms with van der Waals surface area (Å²) in [4.78, 5) is 4.15. The van der Waals surface area contributed by atoms with Crippen LogP contribution < -0.4 is 5.32 Å². The molecule has 4 heteroatoms. The van der Waals surface area contributed by atoms with Crippen molar-refractivity contribution in [3.8, 4) is 0 Å². The Kier molecular flexibility index (Phi) is 12.4. The van der Waals surface area contributed by atoms with Crippen LogP contribution >= 0.6 is 23.2 Å². The number of halogens is 2. The molecule has 0 spiro atoms. The number of nitrogens with zero attached hydrogens (tertiary/aromatic N) is 1. The van der Waals surface area contributed by atoms with Gasteiger partial charge in [-0.3, -0.25) is 4.98 Å². The second kappa shape index (κ2) is 14.7. The molecule has 2 atom stereocenters. The zero-order chi connectivity index (χ0) is 26.0. The van der Waals surface area contributed by atoms with Crippen molar-refractivity contribution in [3.05, 3.63) is 80.2 Å². The van der Waals surface area contributed by atoms with E-state index in [2.05, 4.69) is 70.9 Å². The summed E-state index contributed by atoms with van der Waals surface area (Å²) in [6, 6.07) is 8.10. The van der Waals surface area contributed by atoms with Crippen molar-refractivity contribution >= 4 is 28.9 Å². The van der Waals surface area contributed by atoms with Gasteiger partial charge >= 0.3 is 0 Å². The number of hydrogen-bond acceptors (Lipinski definition) is 2. The van der Waals surface area contributed by atoms with Gasteiger partial charge in [0, 0.05) is 34.4 Å². The number of allylic oxidation sites excluding steroid dienone is 3. The molecule has 2 unspecified atom stereocenters. The van der Waals surface area contributed by atoms with E-state index < -0.39 is 0 Å². The summed E-state index contributed by atoms with van der Waals surface area (Å²) < 4.78 is 0. The molecule has 0 amide bonds. The van der Waals surface area contributed by atoms with Crippen LogP contribution in [0.1, 0.15) is 97.3 Å². The molecule has 3 rings (SSSR count). The molecular weight excluding hydrogens is 471 g/mol. The first-order valence-corrected chi connectivity index (χ1v) is 14.0. The minimum atomic E-state index is 0.709. The van der Waals surface area contributed by atoms with Crippen LogP contribution in [0.4, 0.5) is 0 Å². The fourth-order valence-electron chi connectivity index (χ4n) is 4.39. The maximum absolute atomic E-state index is 6.41. The van der Waals surface area contributed by atoms with Crippen LogP contribution in [0, 0.1) is 11.8 Å². The van der Waals surface area contributed by atoms with Gasteiger partial charge in [0.2, 0.25) is 0 Å². The van der Waals surface area contributed by atoms with Crippen LogP contribution in [-0.4, -0.2) is 4.98 Å². The average molecular weight is 516 g/mol. The third kappa shape index (κ3) is 8.69. The molecule has 0 bridgehead atoms. The maximum Gasteiger partial charge on any atom is 0.0623 e. The Labute approximate surface area is 224 Å². The van der Waals surface area contributed by atoms with E-state index in [4.69, 9.17) is 23.2 Å². The lowest BCUT2D eigenvalue weighted by molar-refractivity contribution is 0.484. The fraction of sp³-hybridized carbons (Fsp3) is 0.516. The molecule has 1 aromatic carbocycles. The highest BCUT2D eigenvalue weighted by Gasteiger charge is 2.18. The molecule has 0 radical (unpaired) electrons. The van der Waals surface area contributed by atoms with Gasteiger partial charge in [-0.25, -0.2) is 0 Å². The summed E-state index contributed by atoms with van der Waals surface area (Å²) in [5.41, 5.74) is 9.10. The van der Waals surface area contributed by atoms with Crippen molar-refractivity contribution in [3.63, 3.8) is 0 Å². The highest BCUT2D eigenvalue weighted by molar-refractivity contribution is 6.32. The van der Waals surface area contributed by atoms with E-state index in [0.29, 0.717) is 5.92 Å². The summed E-state index contributed by atoms with van der Waals surface area (Å²) in [5, 5.41) is 5.35. The van der Waals surface area contributed by atoms with Gasteiger partial charge in [0.15, 0.2) is 0 Å². The Hall–Kier alpha value is -1.77. The van der Waals surface area contributed by atoms with Crippen LogP contribution in [0.25, 0.3) is 5.70 Å². The van der Waals surface area contributed by atoms with Gasteiger partial charge in [0.25, 0.3) is 0 Å². The maximum atomic E-state index is 6.41. The van der Waals surface area contributed by atoms with Gasteiger partial charge < -0.3 is 5.32 Å². The van der Waals surface area contributed by atoms with Crippen molar-refractivity contribution in [2.45, 2.75) is 93.4 Å². The quantitative estimate of drug-likeness (QED) is 0.378. The summed E-state index contributed by atoms with van der Waals surface area (Å²) >= 11 is 12.5. The van der Waals surface area contributed by atoms with Gasteiger partial charge in [-0.2, -0.15) is 0 Å². The molecule has 1 aliphatic rings. The zero-order valence-electron chi connectivity index (χ0n) is 22.8. The molecule has 0 saturated heterocycles. The predicted molar refractivity (Wildman–Crippen MR) is 155 cm³/mol.